The van der Waals surface area contributed by atoms with Crippen LogP contribution in [0.1, 0.15) is 5.56 Å². The van der Waals surface area contributed by atoms with Crippen LogP contribution in [0.3, 0.4) is 0 Å². The SMILES string of the molecule is Cc1ccccc1-c1c(N)n[nH]c1-c1ccn(C)c(=O)c1. The van der Waals surface area contributed by atoms with Crippen LogP contribution < -0.4 is 11.3 Å². The molecule has 0 unspecified atom stereocenters. The molecular formula is C16H16N4O. The molecular weight excluding hydrogens is 264 g/mol. The van der Waals surface area contributed by atoms with Gasteiger partial charge in [-0.2, -0.15) is 5.10 Å². The second-order valence-electron chi connectivity index (χ2n) is 5.04. The number of aromatic amines is 1. The maximum absolute atomic E-state index is 11.8. The number of hydrogen-bond acceptors (Lipinski definition) is 3. The minimum Gasteiger partial charge on any atom is -0.382 e. The number of benzene rings is 1. The van der Waals surface area contributed by atoms with Gasteiger partial charge in [0.25, 0.3) is 5.56 Å². The summed E-state index contributed by atoms with van der Waals surface area (Å²) in [5, 5.41) is 7.05. The number of nitrogens with zero attached hydrogens (tertiary/aromatic N) is 2. The summed E-state index contributed by atoms with van der Waals surface area (Å²) in [5.74, 6) is 0.431. The van der Waals surface area contributed by atoms with E-state index in [-0.39, 0.29) is 5.56 Å². The molecule has 0 saturated carbocycles. The number of rotatable bonds is 2. The molecule has 0 aliphatic heterocycles. The van der Waals surface area contributed by atoms with Crippen molar-refractivity contribution in [3.05, 3.63) is 58.5 Å². The first-order valence-electron chi connectivity index (χ1n) is 6.65. The minimum atomic E-state index is -0.0728. The lowest BCUT2D eigenvalue weighted by atomic mass is 9.97. The molecule has 2 heterocycles. The fourth-order valence-corrected chi connectivity index (χ4v) is 2.39. The summed E-state index contributed by atoms with van der Waals surface area (Å²) in [6.45, 7) is 2.02. The van der Waals surface area contributed by atoms with Crippen molar-refractivity contribution < 1.29 is 0 Å². The largest absolute Gasteiger partial charge is 0.382 e. The molecule has 0 aliphatic rings. The number of aryl methyl sites for hydroxylation is 2. The van der Waals surface area contributed by atoms with Gasteiger partial charge in [0.05, 0.1) is 11.3 Å². The Kier molecular flexibility index (Phi) is 3.10. The van der Waals surface area contributed by atoms with Gasteiger partial charge in [0.1, 0.15) is 0 Å². The van der Waals surface area contributed by atoms with E-state index in [1.165, 1.54) is 4.57 Å². The lowest BCUT2D eigenvalue weighted by Crippen LogP contribution is -2.14. The molecule has 0 atom stereocenters. The van der Waals surface area contributed by atoms with Gasteiger partial charge in [0.15, 0.2) is 5.82 Å². The van der Waals surface area contributed by atoms with E-state index < -0.39 is 0 Å². The molecule has 1 aromatic carbocycles. The van der Waals surface area contributed by atoms with E-state index in [9.17, 15) is 4.79 Å². The predicted molar refractivity (Wildman–Crippen MR) is 83.9 cm³/mol. The average Bonchev–Trinajstić information content (AvgIpc) is 2.84. The number of aromatic nitrogens is 3. The van der Waals surface area contributed by atoms with E-state index in [1.54, 1.807) is 19.3 Å². The van der Waals surface area contributed by atoms with E-state index in [4.69, 9.17) is 5.73 Å². The zero-order valence-electron chi connectivity index (χ0n) is 11.9. The molecule has 0 aliphatic carbocycles. The van der Waals surface area contributed by atoms with Crippen LogP contribution in [0.15, 0.2) is 47.4 Å². The highest BCUT2D eigenvalue weighted by molar-refractivity contribution is 5.88. The van der Waals surface area contributed by atoms with Crippen molar-refractivity contribution in [2.24, 2.45) is 7.05 Å². The molecule has 0 fully saturated rings. The maximum Gasteiger partial charge on any atom is 0.250 e. The van der Waals surface area contributed by atoms with Crippen LogP contribution in [-0.2, 0) is 7.05 Å². The van der Waals surface area contributed by atoms with Crippen molar-refractivity contribution in [1.82, 2.24) is 14.8 Å². The standard InChI is InChI=1S/C16H16N4O/c1-10-5-3-4-6-12(10)14-15(18-19-16(14)17)11-7-8-20(2)13(21)9-11/h3-9H,1-2H3,(H3,17,18,19). The van der Waals surface area contributed by atoms with Crippen molar-refractivity contribution in [2.45, 2.75) is 6.92 Å². The molecule has 5 heteroatoms. The van der Waals surface area contributed by atoms with Crippen LogP contribution in [0.25, 0.3) is 22.4 Å². The summed E-state index contributed by atoms with van der Waals surface area (Å²) in [7, 11) is 1.72. The van der Waals surface area contributed by atoms with Gasteiger partial charge in [0, 0.05) is 24.9 Å². The fourth-order valence-electron chi connectivity index (χ4n) is 2.39. The van der Waals surface area contributed by atoms with Crippen LogP contribution in [-0.4, -0.2) is 14.8 Å². The van der Waals surface area contributed by atoms with E-state index >= 15 is 0 Å². The van der Waals surface area contributed by atoms with Crippen molar-refractivity contribution >= 4 is 5.82 Å². The second-order valence-corrected chi connectivity index (χ2v) is 5.04. The smallest absolute Gasteiger partial charge is 0.250 e. The van der Waals surface area contributed by atoms with Crippen molar-refractivity contribution in [3.63, 3.8) is 0 Å². The third-order valence-corrected chi connectivity index (χ3v) is 3.60. The number of hydrogen-bond donors (Lipinski definition) is 2. The lowest BCUT2D eigenvalue weighted by molar-refractivity contribution is 0.861. The first kappa shape index (κ1) is 13.2. The summed E-state index contributed by atoms with van der Waals surface area (Å²) in [6.07, 6.45) is 1.73. The summed E-state index contributed by atoms with van der Waals surface area (Å²) in [6, 6.07) is 11.4. The molecule has 3 aromatic rings. The Hall–Kier alpha value is -2.82. The highest BCUT2D eigenvalue weighted by Gasteiger charge is 2.16. The van der Waals surface area contributed by atoms with Crippen LogP contribution in [0.2, 0.25) is 0 Å². The Balaban J connectivity index is 2.24. The molecule has 106 valence electrons. The first-order chi connectivity index (χ1) is 10.1. The van der Waals surface area contributed by atoms with Gasteiger partial charge in [0.2, 0.25) is 0 Å². The summed E-state index contributed by atoms with van der Waals surface area (Å²) in [4.78, 5) is 11.8. The van der Waals surface area contributed by atoms with Gasteiger partial charge in [-0.15, -0.1) is 0 Å². The van der Waals surface area contributed by atoms with Crippen molar-refractivity contribution in [3.8, 4) is 22.4 Å². The third kappa shape index (κ3) is 2.23. The molecule has 0 bridgehead atoms. The highest BCUT2D eigenvalue weighted by Crippen LogP contribution is 2.35. The molecule has 3 N–H and O–H groups in total. The quantitative estimate of drug-likeness (QED) is 0.756. The zero-order valence-corrected chi connectivity index (χ0v) is 11.9. The molecule has 3 rings (SSSR count). The topological polar surface area (TPSA) is 76.7 Å². The summed E-state index contributed by atoms with van der Waals surface area (Å²) < 4.78 is 1.52. The van der Waals surface area contributed by atoms with Gasteiger partial charge < -0.3 is 10.3 Å². The van der Waals surface area contributed by atoms with Crippen LogP contribution in [0.5, 0.6) is 0 Å². The monoisotopic (exact) mass is 280 g/mol. The molecule has 0 saturated heterocycles. The Bertz CT molecular complexity index is 861. The molecule has 5 nitrogen and oxygen atoms in total. The average molecular weight is 280 g/mol. The third-order valence-electron chi connectivity index (χ3n) is 3.60. The van der Waals surface area contributed by atoms with Gasteiger partial charge in [-0.05, 0) is 24.1 Å². The lowest BCUT2D eigenvalue weighted by Gasteiger charge is -2.08. The van der Waals surface area contributed by atoms with Crippen LogP contribution in [0, 0.1) is 6.92 Å². The van der Waals surface area contributed by atoms with Crippen LogP contribution >= 0.6 is 0 Å². The number of H-pyrrole nitrogens is 1. The second kappa shape index (κ2) is 4.94. The molecule has 2 aromatic heterocycles. The summed E-state index contributed by atoms with van der Waals surface area (Å²) >= 11 is 0. The summed E-state index contributed by atoms with van der Waals surface area (Å²) in [5.41, 5.74) is 10.4. The van der Waals surface area contributed by atoms with E-state index in [0.717, 1.165) is 27.9 Å². The van der Waals surface area contributed by atoms with E-state index in [2.05, 4.69) is 10.2 Å². The number of nitrogens with one attached hydrogen (secondary N) is 1. The Labute approximate surface area is 122 Å². The van der Waals surface area contributed by atoms with Crippen LogP contribution in [0.4, 0.5) is 5.82 Å². The van der Waals surface area contributed by atoms with Gasteiger partial charge >= 0.3 is 0 Å². The van der Waals surface area contributed by atoms with Gasteiger partial charge in [-0.1, -0.05) is 24.3 Å². The van der Waals surface area contributed by atoms with E-state index in [0.29, 0.717) is 5.82 Å². The normalized spacial score (nSPS) is 10.8. The molecule has 0 amide bonds. The molecule has 0 spiro atoms. The highest BCUT2D eigenvalue weighted by atomic mass is 16.1. The Morgan fingerprint density at radius 1 is 1.24 bits per heavy atom. The first-order valence-corrected chi connectivity index (χ1v) is 6.65. The van der Waals surface area contributed by atoms with Gasteiger partial charge in [-0.3, -0.25) is 9.89 Å². The molecule has 0 radical (unpaired) electrons. The van der Waals surface area contributed by atoms with Crippen molar-refractivity contribution in [1.29, 1.82) is 0 Å². The predicted octanol–water partition coefficient (Wildman–Crippen LogP) is 2.33. The number of anilines is 1. The fraction of sp³-hybridized carbons (Fsp3) is 0.125. The zero-order chi connectivity index (χ0) is 15.0. The maximum atomic E-state index is 11.8. The van der Waals surface area contributed by atoms with E-state index in [1.807, 2.05) is 37.3 Å². The van der Waals surface area contributed by atoms with Crippen molar-refractivity contribution in [2.75, 3.05) is 5.73 Å². The van der Waals surface area contributed by atoms with Gasteiger partial charge in [-0.25, -0.2) is 0 Å². The Morgan fingerprint density at radius 3 is 2.71 bits per heavy atom. The minimum absolute atomic E-state index is 0.0728. The number of nitrogen functional groups attached to an aromatic ring is 1. The molecule has 21 heavy (non-hydrogen) atoms. The number of pyridine rings is 1. The number of nitrogens with two attached hydrogens (primary N) is 1. The Morgan fingerprint density at radius 2 is 2.00 bits per heavy atom.